The second-order valence-electron chi connectivity index (χ2n) is 5.45. The summed E-state index contributed by atoms with van der Waals surface area (Å²) in [6.45, 7) is 0.485. The number of thiophene rings is 1. The third-order valence-corrected chi connectivity index (χ3v) is 6.26. The van der Waals surface area contributed by atoms with Gasteiger partial charge >= 0.3 is 6.03 Å². The number of amides is 2. The molecule has 2 N–H and O–H groups in total. The van der Waals surface area contributed by atoms with Crippen molar-refractivity contribution >= 4 is 27.2 Å². The van der Waals surface area contributed by atoms with Crippen LogP contribution in [-0.4, -0.2) is 57.5 Å². The van der Waals surface area contributed by atoms with Gasteiger partial charge in [0.05, 0.1) is 17.5 Å². The summed E-state index contributed by atoms with van der Waals surface area (Å²) in [4.78, 5) is 15.1. The third kappa shape index (κ3) is 4.69. The molecule has 1 aliphatic heterocycles. The molecule has 1 saturated heterocycles. The van der Waals surface area contributed by atoms with E-state index in [-0.39, 0.29) is 29.6 Å². The van der Waals surface area contributed by atoms with Crippen molar-refractivity contribution in [2.75, 3.05) is 32.1 Å². The number of carbonyl (C=O) groups excluding carboxylic acids is 1. The molecule has 2 atom stereocenters. The van der Waals surface area contributed by atoms with E-state index in [1.165, 1.54) is 4.88 Å². The number of carbonyl (C=O) groups is 1. The van der Waals surface area contributed by atoms with Gasteiger partial charge in [-0.25, -0.2) is 13.2 Å². The predicted octanol–water partition coefficient (Wildman–Crippen LogP) is 0.837. The first-order valence-corrected chi connectivity index (χ1v) is 9.52. The van der Waals surface area contributed by atoms with Gasteiger partial charge in [-0.05, 0) is 32.0 Å². The Balaban J connectivity index is 1.83. The van der Waals surface area contributed by atoms with E-state index in [1.54, 1.807) is 11.3 Å². The number of hydrogen-bond donors (Lipinski definition) is 2. The SMILES string of the molecule is CN(C)[C@@H](CNC(=O)N[C@@H]1CCS(=O)(=O)C1)c1cccs1. The first-order chi connectivity index (χ1) is 9.87. The van der Waals surface area contributed by atoms with E-state index in [9.17, 15) is 13.2 Å². The average Bonchev–Trinajstić information content (AvgIpc) is 2.99. The van der Waals surface area contributed by atoms with Crippen molar-refractivity contribution in [3.8, 4) is 0 Å². The lowest BCUT2D eigenvalue weighted by Gasteiger charge is -2.24. The molecule has 2 rings (SSSR count). The Bertz CT molecular complexity index is 569. The van der Waals surface area contributed by atoms with Gasteiger partial charge in [0.1, 0.15) is 0 Å². The fourth-order valence-corrected chi connectivity index (χ4v) is 4.95. The molecule has 0 unspecified atom stereocenters. The van der Waals surface area contributed by atoms with Crippen molar-refractivity contribution in [1.29, 1.82) is 0 Å². The summed E-state index contributed by atoms with van der Waals surface area (Å²) < 4.78 is 22.7. The summed E-state index contributed by atoms with van der Waals surface area (Å²) >= 11 is 1.65. The third-order valence-electron chi connectivity index (χ3n) is 3.52. The number of likely N-dealkylation sites (N-methyl/N-ethyl adjacent to an activating group) is 1. The maximum Gasteiger partial charge on any atom is 0.315 e. The summed E-state index contributed by atoms with van der Waals surface area (Å²) in [6.07, 6.45) is 0.498. The van der Waals surface area contributed by atoms with Gasteiger partial charge in [0.2, 0.25) is 0 Å². The van der Waals surface area contributed by atoms with E-state index >= 15 is 0 Å². The Hall–Kier alpha value is -1.12. The number of nitrogens with zero attached hydrogens (tertiary/aromatic N) is 1. The number of urea groups is 1. The molecule has 21 heavy (non-hydrogen) atoms. The minimum atomic E-state index is -2.97. The summed E-state index contributed by atoms with van der Waals surface area (Å²) in [6, 6.07) is 3.57. The maximum absolute atomic E-state index is 11.9. The molecule has 0 radical (unpaired) electrons. The van der Waals surface area contributed by atoms with Crippen molar-refractivity contribution in [2.24, 2.45) is 0 Å². The van der Waals surface area contributed by atoms with Gasteiger partial charge in [-0.15, -0.1) is 11.3 Å². The predicted molar refractivity (Wildman–Crippen MR) is 84.3 cm³/mol. The summed E-state index contributed by atoms with van der Waals surface area (Å²) in [5.41, 5.74) is 0. The van der Waals surface area contributed by atoms with Crippen molar-refractivity contribution in [2.45, 2.75) is 18.5 Å². The zero-order valence-corrected chi connectivity index (χ0v) is 13.8. The van der Waals surface area contributed by atoms with Crippen molar-refractivity contribution in [1.82, 2.24) is 15.5 Å². The number of sulfone groups is 1. The molecule has 0 aliphatic carbocycles. The van der Waals surface area contributed by atoms with Gasteiger partial charge < -0.3 is 15.5 Å². The zero-order valence-electron chi connectivity index (χ0n) is 12.2. The molecule has 1 fully saturated rings. The van der Waals surface area contributed by atoms with Crippen LogP contribution in [0.5, 0.6) is 0 Å². The van der Waals surface area contributed by atoms with Crippen LogP contribution in [0.15, 0.2) is 17.5 Å². The summed E-state index contributed by atoms with van der Waals surface area (Å²) in [7, 11) is 0.961. The Morgan fingerprint density at radius 2 is 2.29 bits per heavy atom. The van der Waals surface area contributed by atoms with E-state index in [1.807, 2.05) is 36.5 Å². The lowest BCUT2D eigenvalue weighted by Crippen LogP contribution is -2.45. The largest absolute Gasteiger partial charge is 0.336 e. The first kappa shape index (κ1) is 16.3. The highest BCUT2D eigenvalue weighted by molar-refractivity contribution is 7.91. The van der Waals surface area contributed by atoms with Crippen LogP contribution in [0.1, 0.15) is 17.3 Å². The van der Waals surface area contributed by atoms with Crippen molar-refractivity contribution < 1.29 is 13.2 Å². The summed E-state index contributed by atoms with van der Waals surface area (Å²) in [5.74, 6) is 0.204. The molecule has 1 aromatic heterocycles. The van der Waals surface area contributed by atoms with E-state index in [0.29, 0.717) is 13.0 Å². The van der Waals surface area contributed by atoms with Crippen LogP contribution in [0.2, 0.25) is 0 Å². The van der Waals surface area contributed by atoms with E-state index in [4.69, 9.17) is 0 Å². The average molecular weight is 331 g/mol. The van der Waals surface area contributed by atoms with E-state index < -0.39 is 9.84 Å². The fraction of sp³-hybridized carbons (Fsp3) is 0.615. The Labute approximate surface area is 129 Å². The minimum absolute atomic E-state index is 0.0441. The molecular formula is C13H21N3O3S2. The lowest BCUT2D eigenvalue weighted by atomic mass is 10.2. The van der Waals surface area contributed by atoms with Crippen LogP contribution in [0.4, 0.5) is 4.79 Å². The Kier molecular flexibility index (Phi) is 5.23. The number of nitrogens with one attached hydrogen (secondary N) is 2. The smallest absolute Gasteiger partial charge is 0.315 e. The summed E-state index contributed by atoms with van der Waals surface area (Å²) in [5, 5.41) is 7.57. The van der Waals surface area contributed by atoms with Gasteiger partial charge in [-0.1, -0.05) is 6.07 Å². The van der Waals surface area contributed by atoms with Crippen molar-refractivity contribution in [3.05, 3.63) is 22.4 Å². The highest BCUT2D eigenvalue weighted by atomic mass is 32.2. The molecular weight excluding hydrogens is 310 g/mol. The van der Waals surface area contributed by atoms with E-state index in [0.717, 1.165) is 0 Å². The molecule has 0 saturated carbocycles. The molecule has 6 nitrogen and oxygen atoms in total. The Morgan fingerprint density at radius 3 is 2.81 bits per heavy atom. The van der Waals surface area contributed by atoms with Crippen LogP contribution in [0.25, 0.3) is 0 Å². The molecule has 2 heterocycles. The highest BCUT2D eigenvalue weighted by Gasteiger charge is 2.29. The quantitative estimate of drug-likeness (QED) is 0.838. The standard InChI is InChI=1S/C13H21N3O3S2/c1-16(2)11(12-4-3-6-20-12)8-14-13(17)15-10-5-7-21(18,19)9-10/h3-4,6,10-11H,5,7-9H2,1-2H3,(H2,14,15,17)/t10-,11+/m1/s1. The van der Waals surface area contributed by atoms with Crippen LogP contribution in [0.3, 0.4) is 0 Å². The molecule has 8 heteroatoms. The second-order valence-corrected chi connectivity index (χ2v) is 8.66. The first-order valence-electron chi connectivity index (χ1n) is 6.82. The van der Waals surface area contributed by atoms with Crippen LogP contribution < -0.4 is 10.6 Å². The monoisotopic (exact) mass is 331 g/mol. The molecule has 1 aromatic rings. The van der Waals surface area contributed by atoms with Gasteiger partial charge in [0.25, 0.3) is 0 Å². The number of hydrogen-bond acceptors (Lipinski definition) is 5. The molecule has 0 bridgehead atoms. The lowest BCUT2D eigenvalue weighted by molar-refractivity contribution is 0.230. The maximum atomic E-state index is 11.9. The van der Waals surface area contributed by atoms with Crippen molar-refractivity contribution in [3.63, 3.8) is 0 Å². The van der Waals surface area contributed by atoms with Crippen LogP contribution in [0, 0.1) is 0 Å². The normalized spacial score (nSPS) is 22.1. The molecule has 0 spiro atoms. The van der Waals surface area contributed by atoms with Gasteiger partial charge in [0.15, 0.2) is 9.84 Å². The molecule has 2 amide bonds. The fourth-order valence-electron chi connectivity index (χ4n) is 2.35. The second kappa shape index (κ2) is 6.76. The van der Waals surface area contributed by atoms with Gasteiger partial charge in [-0.2, -0.15) is 0 Å². The highest BCUT2D eigenvalue weighted by Crippen LogP contribution is 2.22. The van der Waals surface area contributed by atoms with Crippen LogP contribution in [-0.2, 0) is 9.84 Å². The minimum Gasteiger partial charge on any atom is -0.336 e. The topological polar surface area (TPSA) is 78.5 Å². The number of rotatable bonds is 5. The molecule has 1 aliphatic rings. The molecule has 0 aromatic carbocycles. The Morgan fingerprint density at radius 1 is 1.52 bits per heavy atom. The van der Waals surface area contributed by atoms with Gasteiger partial charge in [-0.3, -0.25) is 0 Å². The van der Waals surface area contributed by atoms with E-state index in [2.05, 4.69) is 10.6 Å². The zero-order chi connectivity index (χ0) is 15.5. The van der Waals surface area contributed by atoms with Crippen LogP contribution >= 0.6 is 11.3 Å². The van der Waals surface area contributed by atoms with Gasteiger partial charge in [0, 0.05) is 17.5 Å². The molecule has 118 valence electrons.